The molecule has 0 unspecified atom stereocenters. The van der Waals surface area contributed by atoms with E-state index in [-0.39, 0.29) is 0 Å². The summed E-state index contributed by atoms with van der Waals surface area (Å²) >= 11 is 3.17. The molecule has 1 aromatic heterocycles. The van der Waals surface area contributed by atoms with Crippen molar-refractivity contribution in [3.05, 3.63) is 27.3 Å². The number of nitrogens with zero attached hydrogens (tertiary/aromatic N) is 2. The van der Waals surface area contributed by atoms with Gasteiger partial charge < -0.3 is 0 Å². The molecule has 0 amide bonds. The van der Waals surface area contributed by atoms with Gasteiger partial charge in [0.1, 0.15) is 10.3 Å². The van der Waals surface area contributed by atoms with Crippen molar-refractivity contribution < 1.29 is 0 Å². The number of halogens is 1. The smallest absolute Gasteiger partial charge is 0.129 e. The molecule has 0 fully saturated rings. The molecule has 0 aliphatic rings. The first-order chi connectivity index (χ1) is 4.74. The Labute approximate surface area is 66.6 Å². The van der Waals surface area contributed by atoms with Crippen LogP contribution in [0.15, 0.2) is 22.0 Å². The zero-order valence-electron chi connectivity index (χ0n) is 5.34. The normalized spacial score (nSPS) is 9.40. The third kappa shape index (κ3) is 1.39. The molecule has 52 valence electrons. The number of hydrogen-bond acceptors (Lipinski definition) is 3. The van der Waals surface area contributed by atoms with Gasteiger partial charge in [0.15, 0.2) is 0 Å². The summed E-state index contributed by atoms with van der Waals surface area (Å²) in [6.45, 7) is 1.81. The standard InChI is InChI=1S/C6H5BrN2O/c1-4-2-6(7)8-3-5(4)9-10/h2-3H,1H3. The van der Waals surface area contributed by atoms with E-state index in [2.05, 4.69) is 26.1 Å². The highest BCUT2D eigenvalue weighted by atomic mass is 79.9. The number of pyridine rings is 1. The lowest BCUT2D eigenvalue weighted by molar-refractivity contribution is 1.22. The molecule has 0 atom stereocenters. The second-order valence-electron chi connectivity index (χ2n) is 1.88. The van der Waals surface area contributed by atoms with Gasteiger partial charge in [0, 0.05) is 0 Å². The van der Waals surface area contributed by atoms with Crippen LogP contribution in [0.1, 0.15) is 5.56 Å². The molecule has 4 heteroatoms. The maximum absolute atomic E-state index is 10.0. The van der Waals surface area contributed by atoms with E-state index in [0.29, 0.717) is 5.69 Å². The lowest BCUT2D eigenvalue weighted by atomic mass is 10.3. The van der Waals surface area contributed by atoms with Gasteiger partial charge in [-0.05, 0) is 39.7 Å². The predicted molar refractivity (Wildman–Crippen MR) is 42.1 cm³/mol. The van der Waals surface area contributed by atoms with Crippen LogP contribution in [0.5, 0.6) is 0 Å². The monoisotopic (exact) mass is 200 g/mol. The Morgan fingerprint density at radius 2 is 2.40 bits per heavy atom. The largest absolute Gasteiger partial charge is 0.247 e. The van der Waals surface area contributed by atoms with Crippen molar-refractivity contribution in [1.29, 1.82) is 0 Å². The van der Waals surface area contributed by atoms with Gasteiger partial charge in [-0.25, -0.2) is 4.98 Å². The van der Waals surface area contributed by atoms with Crippen molar-refractivity contribution in [3.8, 4) is 0 Å². The molecule has 1 aromatic rings. The summed E-state index contributed by atoms with van der Waals surface area (Å²) in [5.74, 6) is 0. The van der Waals surface area contributed by atoms with Gasteiger partial charge in [0.2, 0.25) is 0 Å². The fourth-order valence-electron chi connectivity index (χ4n) is 0.610. The first-order valence-electron chi connectivity index (χ1n) is 2.69. The van der Waals surface area contributed by atoms with E-state index in [1.165, 1.54) is 6.20 Å². The lowest BCUT2D eigenvalue weighted by Gasteiger charge is -1.94. The third-order valence-electron chi connectivity index (χ3n) is 1.15. The average molecular weight is 201 g/mol. The summed E-state index contributed by atoms with van der Waals surface area (Å²) in [7, 11) is 0. The van der Waals surface area contributed by atoms with E-state index >= 15 is 0 Å². The van der Waals surface area contributed by atoms with Crippen LogP contribution in [0, 0.1) is 11.8 Å². The van der Waals surface area contributed by atoms with Crippen LogP contribution < -0.4 is 0 Å². The van der Waals surface area contributed by atoms with Crippen LogP contribution in [-0.4, -0.2) is 4.98 Å². The summed E-state index contributed by atoms with van der Waals surface area (Å²) in [5.41, 5.74) is 1.22. The van der Waals surface area contributed by atoms with Gasteiger partial charge in [-0.2, -0.15) is 0 Å². The molecular formula is C6H5BrN2O. The van der Waals surface area contributed by atoms with Crippen LogP contribution in [0.2, 0.25) is 0 Å². The minimum Gasteiger partial charge on any atom is -0.247 e. The molecule has 0 radical (unpaired) electrons. The van der Waals surface area contributed by atoms with E-state index in [1.807, 2.05) is 6.92 Å². The highest BCUT2D eigenvalue weighted by Crippen LogP contribution is 2.18. The zero-order valence-corrected chi connectivity index (χ0v) is 6.92. The molecule has 0 aromatic carbocycles. The topological polar surface area (TPSA) is 42.3 Å². The fraction of sp³-hybridized carbons (Fsp3) is 0.167. The Hall–Kier alpha value is -0.770. The molecule has 0 N–H and O–H groups in total. The Kier molecular flexibility index (Phi) is 2.11. The van der Waals surface area contributed by atoms with Crippen molar-refractivity contribution in [2.24, 2.45) is 5.18 Å². The molecule has 0 saturated heterocycles. The number of aromatic nitrogens is 1. The van der Waals surface area contributed by atoms with Crippen molar-refractivity contribution in [3.63, 3.8) is 0 Å². The van der Waals surface area contributed by atoms with E-state index in [9.17, 15) is 4.91 Å². The maximum atomic E-state index is 10.0. The zero-order chi connectivity index (χ0) is 7.56. The highest BCUT2D eigenvalue weighted by molar-refractivity contribution is 9.10. The molecule has 0 spiro atoms. The minimum absolute atomic E-state index is 0.392. The van der Waals surface area contributed by atoms with E-state index < -0.39 is 0 Å². The van der Waals surface area contributed by atoms with E-state index in [0.717, 1.165) is 10.2 Å². The number of aryl methyl sites for hydroxylation is 1. The summed E-state index contributed by atoms with van der Waals surface area (Å²) in [5, 5.41) is 2.78. The Bertz CT molecular complexity index is 262. The molecule has 0 saturated carbocycles. The van der Waals surface area contributed by atoms with Crippen LogP contribution in [-0.2, 0) is 0 Å². The predicted octanol–water partition coefficient (Wildman–Crippen LogP) is 2.55. The highest BCUT2D eigenvalue weighted by Gasteiger charge is 1.97. The van der Waals surface area contributed by atoms with Gasteiger partial charge in [0.25, 0.3) is 0 Å². The number of hydrogen-bond donors (Lipinski definition) is 0. The summed E-state index contributed by atoms with van der Waals surface area (Å²) in [6, 6.07) is 1.75. The van der Waals surface area contributed by atoms with Gasteiger partial charge in [-0.1, -0.05) is 0 Å². The van der Waals surface area contributed by atoms with Crippen LogP contribution >= 0.6 is 15.9 Å². The van der Waals surface area contributed by atoms with Crippen molar-refractivity contribution in [2.45, 2.75) is 6.92 Å². The van der Waals surface area contributed by atoms with E-state index in [1.54, 1.807) is 6.07 Å². The molecule has 0 bridgehead atoms. The molecule has 0 aliphatic heterocycles. The molecule has 0 aliphatic carbocycles. The Morgan fingerprint density at radius 1 is 1.70 bits per heavy atom. The van der Waals surface area contributed by atoms with Crippen LogP contribution in [0.25, 0.3) is 0 Å². The SMILES string of the molecule is Cc1cc(Br)ncc1N=O. The van der Waals surface area contributed by atoms with Gasteiger partial charge in [-0.15, -0.1) is 4.91 Å². The number of rotatable bonds is 1. The molecule has 3 nitrogen and oxygen atoms in total. The minimum atomic E-state index is 0.392. The number of nitroso groups, excluding NO2 is 1. The second kappa shape index (κ2) is 2.88. The first kappa shape index (κ1) is 7.34. The summed E-state index contributed by atoms with van der Waals surface area (Å²) < 4.78 is 0.720. The molecular weight excluding hydrogens is 196 g/mol. The molecule has 1 heterocycles. The quantitative estimate of drug-likeness (QED) is 0.517. The summed E-state index contributed by atoms with van der Waals surface area (Å²) in [6.07, 6.45) is 1.44. The van der Waals surface area contributed by atoms with Gasteiger partial charge >= 0.3 is 0 Å². The van der Waals surface area contributed by atoms with Crippen molar-refractivity contribution in [2.75, 3.05) is 0 Å². The molecule has 1 rings (SSSR count). The lowest BCUT2D eigenvalue weighted by Crippen LogP contribution is -1.77. The first-order valence-corrected chi connectivity index (χ1v) is 3.49. The van der Waals surface area contributed by atoms with Crippen molar-refractivity contribution >= 4 is 21.6 Å². The van der Waals surface area contributed by atoms with Crippen LogP contribution in [0.4, 0.5) is 5.69 Å². The second-order valence-corrected chi connectivity index (χ2v) is 2.70. The van der Waals surface area contributed by atoms with Gasteiger partial charge in [-0.3, -0.25) is 0 Å². The fourth-order valence-corrected chi connectivity index (χ4v) is 1.06. The maximum Gasteiger partial charge on any atom is 0.129 e. The van der Waals surface area contributed by atoms with Crippen molar-refractivity contribution in [1.82, 2.24) is 4.98 Å². The Balaban J connectivity index is 3.19. The van der Waals surface area contributed by atoms with Gasteiger partial charge in [0.05, 0.1) is 6.20 Å². The Morgan fingerprint density at radius 3 is 2.90 bits per heavy atom. The average Bonchev–Trinajstić information content (AvgIpc) is 1.88. The molecule has 10 heavy (non-hydrogen) atoms. The van der Waals surface area contributed by atoms with E-state index in [4.69, 9.17) is 0 Å². The van der Waals surface area contributed by atoms with Crippen LogP contribution in [0.3, 0.4) is 0 Å². The third-order valence-corrected chi connectivity index (χ3v) is 1.58. The summed E-state index contributed by atoms with van der Waals surface area (Å²) in [4.78, 5) is 13.9.